The molecule has 1 amide bonds. The summed E-state index contributed by atoms with van der Waals surface area (Å²) in [6.45, 7) is 3.92. The van der Waals surface area contributed by atoms with Crippen LogP contribution in [0.1, 0.15) is 29.8 Å². The Labute approximate surface area is 157 Å². The van der Waals surface area contributed by atoms with Crippen molar-refractivity contribution >= 4 is 35.1 Å². The van der Waals surface area contributed by atoms with Gasteiger partial charge in [0.1, 0.15) is 0 Å². The summed E-state index contributed by atoms with van der Waals surface area (Å²) in [5.74, 6) is -0.949. The number of carbonyl (C=O) groups is 2. The number of esters is 1. The van der Waals surface area contributed by atoms with Crippen LogP contribution in [0.2, 0.25) is 10.0 Å². The maximum atomic E-state index is 12.5. The molecule has 2 aromatic rings. The second-order valence-electron chi connectivity index (χ2n) is 5.78. The van der Waals surface area contributed by atoms with Gasteiger partial charge < -0.3 is 9.64 Å². The molecule has 0 aliphatic heterocycles. The summed E-state index contributed by atoms with van der Waals surface area (Å²) in [6, 6.07) is 14.3. The number of nitrogens with zero attached hydrogens (tertiary/aromatic N) is 1. The predicted octanol–water partition coefficient (Wildman–Crippen LogP) is 4.59. The van der Waals surface area contributed by atoms with Gasteiger partial charge in [0.2, 0.25) is 0 Å². The van der Waals surface area contributed by atoms with Crippen molar-refractivity contribution in [3.63, 3.8) is 0 Å². The summed E-state index contributed by atoms with van der Waals surface area (Å²) in [4.78, 5) is 26.3. The van der Waals surface area contributed by atoms with Crippen LogP contribution >= 0.6 is 23.2 Å². The molecule has 6 heteroatoms. The van der Waals surface area contributed by atoms with E-state index in [0.29, 0.717) is 6.54 Å². The number of halogens is 2. The lowest BCUT2D eigenvalue weighted by Crippen LogP contribution is -2.39. The molecular formula is C19H19Cl2NO3. The second-order valence-corrected chi connectivity index (χ2v) is 6.56. The standard InChI is InChI=1S/C19H19Cl2NO3/c1-13(2)22(11-14-7-4-3-5-8-14)17(23)12-25-19(24)15-9-6-10-16(20)18(15)21/h3-10,13H,11-12H2,1-2H3. The molecule has 0 fully saturated rings. The van der Waals surface area contributed by atoms with Gasteiger partial charge in [-0.2, -0.15) is 0 Å². The maximum Gasteiger partial charge on any atom is 0.340 e. The Morgan fingerprint density at radius 1 is 1.04 bits per heavy atom. The normalized spacial score (nSPS) is 10.6. The van der Waals surface area contributed by atoms with Gasteiger partial charge in [0.05, 0.1) is 15.6 Å². The summed E-state index contributed by atoms with van der Waals surface area (Å²) in [5, 5.41) is 0.377. The smallest absolute Gasteiger partial charge is 0.340 e. The van der Waals surface area contributed by atoms with E-state index in [1.54, 1.807) is 17.0 Å². The van der Waals surface area contributed by atoms with Gasteiger partial charge in [0.25, 0.3) is 5.91 Å². The second kappa shape index (κ2) is 8.88. The van der Waals surface area contributed by atoms with Crippen LogP contribution in [0.15, 0.2) is 48.5 Å². The van der Waals surface area contributed by atoms with E-state index in [0.717, 1.165) is 5.56 Å². The zero-order chi connectivity index (χ0) is 18.4. The lowest BCUT2D eigenvalue weighted by atomic mass is 10.2. The highest BCUT2D eigenvalue weighted by atomic mass is 35.5. The number of ether oxygens (including phenoxy) is 1. The van der Waals surface area contributed by atoms with Crippen LogP contribution in [0.3, 0.4) is 0 Å². The summed E-state index contributed by atoms with van der Waals surface area (Å²) in [5.41, 5.74) is 1.15. The van der Waals surface area contributed by atoms with Gasteiger partial charge in [0.15, 0.2) is 6.61 Å². The zero-order valence-electron chi connectivity index (χ0n) is 14.0. The molecule has 0 bridgehead atoms. The van der Waals surface area contributed by atoms with Gasteiger partial charge in [-0.3, -0.25) is 4.79 Å². The van der Waals surface area contributed by atoms with E-state index < -0.39 is 5.97 Å². The third-order valence-electron chi connectivity index (χ3n) is 3.64. The fourth-order valence-corrected chi connectivity index (χ4v) is 2.67. The van der Waals surface area contributed by atoms with Gasteiger partial charge in [0, 0.05) is 12.6 Å². The summed E-state index contributed by atoms with van der Waals surface area (Å²) in [7, 11) is 0. The molecule has 0 atom stereocenters. The molecule has 0 saturated carbocycles. The molecule has 0 saturated heterocycles. The Hall–Kier alpha value is -2.04. The fourth-order valence-electron chi connectivity index (χ4n) is 2.29. The van der Waals surface area contributed by atoms with Gasteiger partial charge in [-0.15, -0.1) is 0 Å². The monoisotopic (exact) mass is 379 g/mol. The highest BCUT2D eigenvalue weighted by Gasteiger charge is 2.20. The Bertz CT molecular complexity index is 748. The molecule has 0 aromatic heterocycles. The molecule has 0 spiro atoms. The number of amides is 1. The molecule has 4 nitrogen and oxygen atoms in total. The molecule has 2 rings (SSSR count). The van der Waals surface area contributed by atoms with E-state index in [4.69, 9.17) is 27.9 Å². The first kappa shape index (κ1) is 19.3. The summed E-state index contributed by atoms with van der Waals surface area (Å²) in [6.07, 6.45) is 0. The SMILES string of the molecule is CC(C)N(Cc1ccccc1)C(=O)COC(=O)c1cccc(Cl)c1Cl. The Balaban J connectivity index is 2.01. The van der Waals surface area contributed by atoms with Crippen molar-refractivity contribution in [1.29, 1.82) is 0 Å². The third kappa shape index (κ3) is 5.21. The first-order valence-corrected chi connectivity index (χ1v) is 8.60. The minimum absolute atomic E-state index is 0.0267. The van der Waals surface area contributed by atoms with Crippen LogP contribution in [-0.2, 0) is 16.1 Å². The number of hydrogen-bond donors (Lipinski definition) is 0. The molecule has 25 heavy (non-hydrogen) atoms. The number of rotatable bonds is 6. The van der Waals surface area contributed by atoms with Crippen molar-refractivity contribution in [3.05, 3.63) is 69.7 Å². The van der Waals surface area contributed by atoms with Crippen molar-refractivity contribution in [2.24, 2.45) is 0 Å². The van der Waals surface area contributed by atoms with Crippen molar-refractivity contribution < 1.29 is 14.3 Å². The zero-order valence-corrected chi connectivity index (χ0v) is 15.6. The molecule has 0 aliphatic rings. The Morgan fingerprint density at radius 2 is 1.72 bits per heavy atom. The largest absolute Gasteiger partial charge is 0.452 e. The van der Waals surface area contributed by atoms with Crippen molar-refractivity contribution in [1.82, 2.24) is 4.90 Å². The van der Waals surface area contributed by atoms with Crippen LogP contribution in [0, 0.1) is 0 Å². The number of benzene rings is 2. The first-order chi connectivity index (χ1) is 11.9. The minimum atomic E-state index is -0.677. The van der Waals surface area contributed by atoms with E-state index >= 15 is 0 Å². The van der Waals surface area contributed by atoms with E-state index in [-0.39, 0.29) is 34.2 Å². The third-order valence-corrected chi connectivity index (χ3v) is 4.46. The molecule has 0 aliphatic carbocycles. The van der Waals surface area contributed by atoms with E-state index in [1.807, 2.05) is 44.2 Å². The van der Waals surface area contributed by atoms with Crippen LogP contribution in [0.25, 0.3) is 0 Å². The highest BCUT2D eigenvalue weighted by molar-refractivity contribution is 6.43. The Morgan fingerprint density at radius 3 is 2.36 bits per heavy atom. The molecule has 0 N–H and O–H groups in total. The lowest BCUT2D eigenvalue weighted by molar-refractivity contribution is -0.136. The average molecular weight is 380 g/mol. The average Bonchev–Trinajstić information content (AvgIpc) is 2.60. The summed E-state index contributed by atoms with van der Waals surface area (Å²) < 4.78 is 5.12. The molecule has 0 radical (unpaired) electrons. The summed E-state index contributed by atoms with van der Waals surface area (Å²) >= 11 is 11.9. The van der Waals surface area contributed by atoms with Gasteiger partial charge in [-0.1, -0.05) is 59.6 Å². The number of hydrogen-bond acceptors (Lipinski definition) is 3. The van der Waals surface area contributed by atoms with Crippen LogP contribution in [0.5, 0.6) is 0 Å². The van der Waals surface area contributed by atoms with Crippen LogP contribution < -0.4 is 0 Å². The van der Waals surface area contributed by atoms with Crippen molar-refractivity contribution in [2.45, 2.75) is 26.4 Å². The van der Waals surface area contributed by atoms with Gasteiger partial charge in [-0.25, -0.2) is 4.79 Å². The maximum absolute atomic E-state index is 12.5. The Kier molecular flexibility index (Phi) is 6.85. The topological polar surface area (TPSA) is 46.6 Å². The lowest BCUT2D eigenvalue weighted by Gasteiger charge is -2.26. The van der Waals surface area contributed by atoms with Crippen molar-refractivity contribution in [2.75, 3.05) is 6.61 Å². The molecule has 0 unspecified atom stereocenters. The molecule has 132 valence electrons. The van der Waals surface area contributed by atoms with E-state index in [1.165, 1.54) is 6.07 Å². The highest BCUT2D eigenvalue weighted by Crippen LogP contribution is 2.26. The van der Waals surface area contributed by atoms with E-state index in [2.05, 4.69) is 0 Å². The van der Waals surface area contributed by atoms with E-state index in [9.17, 15) is 9.59 Å². The molecular weight excluding hydrogens is 361 g/mol. The first-order valence-electron chi connectivity index (χ1n) is 7.84. The van der Waals surface area contributed by atoms with Crippen molar-refractivity contribution in [3.8, 4) is 0 Å². The van der Waals surface area contributed by atoms with Crippen LogP contribution in [-0.4, -0.2) is 29.4 Å². The van der Waals surface area contributed by atoms with Crippen LogP contribution in [0.4, 0.5) is 0 Å². The number of carbonyl (C=O) groups excluding carboxylic acids is 2. The molecule has 0 heterocycles. The fraction of sp³-hybridized carbons (Fsp3) is 0.263. The minimum Gasteiger partial charge on any atom is -0.452 e. The quantitative estimate of drug-likeness (QED) is 0.689. The molecule has 2 aromatic carbocycles. The van der Waals surface area contributed by atoms with Gasteiger partial charge in [-0.05, 0) is 31.5 Å². The predicted molar refractivity (Wildman–Crippen MR) is 98.9 cm³/mol. The van der Waals surface area contributed by atoms with Gasteiger partial charge >= 0.3 is 5.97 Å².